The second kappa shape index (κ2) is 9.98. The molecular weight excluding hydrogens is 248 g/mol. The Labute approximate surface area is 124 Å². The molecule has 0 radical (unpaired) electrons. The van der Waals surface area contributed by atoms with Crippen molar-refractivity contribution in [3.8, 4) is 0 Å². The van der Waals surface area contributed by atoms with Gasteiger partial charge in [-0.25, -0.2) is 4.98 Å². The maximum atomic E-state index is 10.3. The topological polar surface area (TPSA) is 38.1 Å². The molecule has 0 spiro atoms. The van der Waals surface area contributed by atoms with Crippen LogP contribution in [0.5, 0.6) is 0 Å². The van der Waals surface area contributed by atoms with Crippen LogP contribution in [0.4, 0.5) is 0 Å². The van der Waals surface area contributed by atoms with Gasteiger partial charge in [0.25, 0.3) is 0 Å². The summed E-state index contributed by atoms with van der Waals surface area (Å²) >= 11 is 0. The van der Waals surface area contributed by atoms with Crippen molar-refractivity contribution in [2.24, 2.45) is 0 Å². The van der Waals surface area contributed by atoms with Crippen LogP contribution in [0.3, 0.4) is 0 Å². The summed E-state index contributed by atoms with van der Waals surface area (Å²) in [7, 11) is 0. The van der Waals surface area contributed by atoms with E-state index in [9.17, 15) is 5.11 Å². The number of aromatic nitrogens is 2. The van der Waals surface area contributed by atoms with Gasteiger partial charge in [0.05, 0.1) is 24.3 Å². The standard InChI is InChI=1S/C17H32N2O/c1-4-5-6-7-8-9-10-11-12-17(20)16-13-18-14-19(16)15(2)3/h13-15,17,20H,4-12H2,1-3H3. The van der Waals surface area contributed by atoms with E-state index < -0.39 is 0 Å². The van der Waals surface area contributed by atoms with E-state index >= 15 is 0 Å². The van der Waals surface area contributed by atoms with E-state index in [4.69, 9.17) is 0 Å². The van der Waals surface area contributed by atoms with Crippen molar-refractivity contribution in [3.63, 3.8) is 0 Å². The highest BCUT2D eigenvalue weighted by molar-refractivity contribution is 5.03. The molecule has 0 saturated heterocycles. The molecule has 0 aliphatic carbocycles. The van der Waals surface area contributed by atoms with E-state index in [0.29, 0.717) is 6.04 Å². The predicted octanol–water partition coefficient (Wildman–Crippen LogP) is 5.03. The van der Waals surface area contributed by atoms with Crippen molar-refractivity contribution in [1.29, 1.82) is 0 Å². The first kappa shape index (κ1) is 17.2. The van der Waals surface area contributed by atoms with E-state index in [0.717, 1.165) is 18.5 Å². The van der Waals surface area contributed by atoms with Crippen LogP contribution in [0.1, 0.15) is 96.4 Å². The Morgan fingerprint density at radius 2 is 1.65 bits per heavy atom. The van der Waals surface area contributed by atoms with E-state index in [-0.39, 0.29) is 6.10 Å². The lowest BCUT2D eigenvalue weighted by atomic mass is 10.0. The van der Waals surface area contributed by atoms with Crippen LogP contribution in [-0.4, -0.2) is 14.7 Å². The number of hydrogen-bond acceptors (Lipinski definition) is 2. The summed E-state index contributed by atoms with van der Waals surface area (Å²) in [6.45, 7) is 6.49. The smallest absolute Gasteiger partial charge is 0.0955 e. The Morgan fingerprint density at radius 1 is 1.05 bits per heavy atom. The lowest BCUT2D eigenvalue weighted by Crippen LogP contribution is -2.09. The Hall–Kier alpha value is -0.830. The van der Waals surface area contributed by atoms with Crippen molar-refractivity contribution in [3.05, 3.63) is 18.2 Å². The largest absolute Gasteiger partial charge is 0.387 e. The summed E-state index contributed by atoms with van der Waals surface area (Å²) in [6.07, 6.45) is 14.5. The van der Waals surface area contributed by atoms with E-state index in [1.165, 1.54) is 44.9 Å². The fourth-order valence-electron chi connectivity index (χ4n) is 2.62. The van der Waals surface area contributed by atoms with Crippen LogP contribution >= 0.6 is 0 Å². The highest BCUT2D eigenvalue weighted by atomic mass is 16.3. The normalized spacial score (nSPS) is 13.1. The van der Waals surface area contributed by atoms with Gasteiger partial charge in [-0.2, -0.15) is 0 Å². The molecule has 0 fully saturated rings. The molecular formula is C17H32N2O. The molecule has 1 N–H and O–H groups in total. The number of aliphatic hydroxyl groups excluding tert-OH is 1. The molecule has 1 atom stereocenters. The fourth-order valence-corrected chi connectivity index (χ4v) is 2.62. The number of hydrogen-bond donors (Lipinski definition) is 1. The average molecular weight is 280 g/mol. The molecule has 0 amide bonds. The lowest BCUT2D eigenvalue weighted by molar-refractivity contribution is 0.152. The Balaban J connectivity index is 2.14. The van der Waals surface area contributed by atoms with Gasteiger partial charge in [-0.3, -0.25) is 0 Å². The van der Waals surface area contributed by atoms with E-state index in [1.807, 2.05) is 6.33 Å². The predicted molar refractivity (Wildman–Crippen MR) is 84.8 cm³/mol. The zero-order valence-corrected chi connectivity index (χ0v) is 13.5. The van der Waals surface area contributed by atoms with Crippen LogP contribution < -0.4 is 0 Å². The third kappa shape index (κ3) is 6.08. The van der Waals surface area contributed by atoms with Gasteiger partial charge in [-0.1, -0.05) is 58.3 Å². The summed E-state index contributed by atoms with van der Waals surface area (Å²) in [5.41, 5.74) is 0.961. The van der Waals surface area contributed by atoms with Crippen LogP contribution in [0.25, 0.3) is 0 Å². The van der Waals surface area contributed by atoms with E-state index in [1.54, 1.807) is 6.20 Å². The van der Waals surface area contributed by atoms with Crippen molar-refractivity contribution >= 4 is 0 Å². The van der Waals surface area contributed by atoms with E-state index in [2.05, 4.69) is 30.3 Å². The fraction of sp³-hybridized carbons (Fsp3) is 0.824. The highest BCUT2D eigenvalue weighted by Gasteiger charge is 2.13. The molecule has 116 valence electrons. The van der Waals surface area contributed by atoms with Crippen LogP contribution in [0, 0.1) is 0 Å². The molecule has 20 heavy (non-hydrogen) atoms. The van der Waals surface area contributed by atoms with Gasteiger partial charge in [-0.15, -0.1) is 0 Å². The molecule has 1 aromatic rings. The summed E-state index contributed by atoms with van der Waals surface area (Å²) in [4.78, 5) is 4.15. The van der Waals surface area contributed by atoms with Gasteiger partial charge in [0, 0.05) is 6.04 Å². The third-order valence-corrected chi connectivity index (χ3v) is 3.92. The second-order valence-electron chi connectivity index (χ2n) is 6.10. The number of imidazole rings is 1. The first-order valence-corrected chi connectivity index (χ1v) is 8.36. The van der Waals surface area contributed by atoms with Gasteiger partial charge in [-0.05, 0) is 20.3 Å². The SMILES string of the molecule is CCCCCCCCCCC(O)c1cncn1C(C)C. The molecule has 0 aromatic carbocycles. The minimum atomic E-state index is -0.361. The molecule has 0 aliphatic heterocycles. The summed E-state index contributed by atoms with van der Waals surface area (Å²) in [6, 6.07) is 0.362. The molecule has 0 aliphatic rings. The number of nitrogens with zero attached hydrogens (tertiary/aromatic N) is 2. The monoisotopic (exact) mass is 280 g/mol. The van der Waals surface area contributed by atoms with Gasteiger partial charge in [0.2, 0.25) is 0 Å². The number of unbranched alkanes of at least 4 members (excludes halogenated alkanes) is 7. The second-order valence-corrected chi connectivity index (χ2v) is 6.10. The summed E-state index contributed by atoms with van der Waals surface area (Å²) in [5.74, 6) is 0. The molecule has 1 aromatic heterocycles. The third-order valence-electron chi connectivity index (χ3n) is 3.92. The maximum Gasteiger partial charge on any atom is 0.0955 e. The first-order valence-electron chi connectivity index (χ1n) is 8.36. The van der Waals surface area contributed by atoms with Gasteiger partial charge in [0.1, 0.15) is 0 Å². The van der Waals surface area contributed by atoms with Crippen LogP contribution in [0.2, 0.25) is 0 Å². The summed E-state index contributed by atoms with van der Waals surface area (Å²) in [5, 5.41) is 10.3. The molecule has 1 heterocycles. The Bertz CT molecular complexity index is 347. The average Bonchev–Trinajstić information content (AvgIpc) is 2.91. The number of aliphatic hydroxyl groups is 1. The van der Waals surface area contributed by atoms with Crippen molar-refractivity contribution in [2.75, 3.05) is 0 Å². The molecule has 3 heteroatoms. The van der Waals surface area contributed by atoms with Crippen LogP contribution in [0.15, 0.2) is 12.5 Å². The number of rotatable bonds is 11. The minimum Gasteiger partial charge on any atom is -0.387 e. The minimum absolute atomic E-state index is 0.361. The van der Waals surface area contributed by atoms with Gasteiger partial charge < -0.3 is 9.67 Å². The molecule has 0 bridgehead atoms. The molecule has 0 saturated carbocycles. The first-order chi connectivity index (χ1) is 9.66. The zero-order valence-electron chi connectivity index (χ0n) is 13.5. The van der Waals surface area contributed by atoms with Gasteiger partial charge in [0.15, 0.2) is 0 Å². The van der Waals surface area contributed by atoms with Crippen molar-refractivity contribution in [1.82, 2.24) is 9.55 Å². The Morgan fingerprint density at radius 3 is 2.25 bits per heavy atom. The zero-order chi connectivity index (χ0) is 14.8. The van der Waals surface area contributed by atoms with Gasteiger partial charge >= 0.3 is 0 Å². The summed E-state index contributed by atoms with van der Waals surface area (Å²) < 4.78 is 2.06. The van der Waals surface area contributed by atoms with Crippen molar-refractivity contribution in [2.45, 2.75) is 90.7 Å². The van der Waals surface area contributed by atoms with Crippen molar-refractivity contribution < 1.29 is 5.11 Å². The molecule has 1 unspecified atom stereocenters. The highest BCUT2D eigenvalue weighted by Crippen LogP contribution is 2.22. The lowest BCUT2D eigenvalue weighted by Gasteiger charge is -2.16. The molecule has 3 nitrogen and oxygen atoms in total. The maximum absolute atomic E-state index is 10.3. The molecule has 1 rings (SSSR count). The Kier molecular flexibility index (Phi) is 8.59. The van der Waals surface area contributed by atoms with Crippen LogP contribution in [-0.2, 0) is 0 Å². The quantitative estimate of drug-likeness (QED) is 0.577.